The number of fused-ring (bicyclic) bond motifs is 3. The van der Waals surface area contributed by atoms with Crippen LogP contribution < -0.4 is 4.74 Å². The topological polar surface area (TPSA) is 34.5 Å². The van der Waals surface area contributed by atoms with Crippen LogP contribution >= 0.6 is 0 Å². The summed E-state index contributed by atoms with van der Waals surface area (Å²) < 4.78 is 20.8. The summed E-state index contributed by atoms with van der Waals surface area (Å²) in [5.41, 5.74) is 3.01. The lowest BCUT2D eigenvalue weighted by Gasteiger charge is -2.29. The zero-order valence-electron chi connectivity index (χ0n) is 14.0. The van der Waals surface area contributed by atoms with Crippen LogP contribution in [-0.4, -0.2) is 29.0 Å². The predicted octanol–water partition coefficient (Wildman–Crippen LogP) is 3.37. The highest BCUT2D eigenvalue weighted by Crippen LogP contribution is 2.25. The summed E-state index contributed by atoms with van der Waals surface area (Å²) in [5, 5.41) is 0.886. The Kier molecular flexibility index (Phi) is 3.92. The molecule has 128 valence electrons. The van der Waals surface area contributed by atoms with Gasteiger partial charge in [0.1, 0.15) is 11.6 Å². The SMILES string of the molecule is COc1cccc(CC(=O)N2CCn3c(cc4cc(F)ccc43)C2)c1. The Labute approximate surface area is 145 Å². The number of rotatable bonds is 3. The molecule has 0 saturated heterocycles. The Morgan fingerprint density at radius 3 is 2.88 bits per heavy atom. The predicted molar refractivity (Wildman–Crippen MR) is 94.0 cm³/mol. The highest BCUT2D eigenvalue weighted by atomic mass is 19.1. The minimum atomic E-state index is -0.235. The summed E-state index contributed by atoms with van der Waals surface area (Å²) in [4.78, 5) is 14.5. The van der Waals surface area contributed by atoms with E-state index in [-0.39, 0.29) is 11.7 Å². The van der Waals surface area contributed by atoms with Gasteiger partial charge in [-0.3, -0.25) is 4.79 Å². The van der Waals surface area contributed by atoms with Gasteiger partial charge in [-0.25, -0.2) is 4.39 Å². The third kappa shape index (κ3) is 2.97. The summed E-state index contributed by atoms with van der Waals surface area (Å²) >= 11 is 0. The van der Waals surface area contributed by atoms with Gasteiger partial charge in [-0.1, -0.05) is 12.1 Å². The van der Waals surface area contributed by atoms with Gasteiger partial charge < -0.3 is 14.2 Å². The van der Waals surface area contributed by atoms with Crippen molar-refractivity contribution in [1.29, 1.82) is 0 Å². The third-order valence-corrected chi connectivity index (χ3v) is 4.74. The Balaban J connectivity index is 1.53. The van der Waals surface area contributed by atoms with E-state index in [9.17, 15) is 9.18 Å². The van der Waals surface area contributed by atoms with Gasteiger partial charge in [0, 0.05) is 29.7 Å². The van der Waals surface area contributed by atoms with E-state index in [4.69, 9.17) is 4.74 Å². The second-order valence-electron chi connectivity index (χ2n) is 6.33. The van der Waals surface area contributed by atoms with Crippen molar-refractivity contribution in [3.05, 3.63) is 65.6 Å². The number of carbonyl (C=O) groups is 1. The molecule has 0 fully saturated rings. The number of nitrogens with zero attached hydrogens (tertiary/aromatic N) is 2. The van der Waals surface area contributed by atoms with Crippen LogP contribution in [0.3, 0.4) is 0 Å². The van der Waals surface area contributed by atoms with Gasteiger partial charge in [0.25, 0.3) is 0 Å². The fourth-order valence-electron chi connectivity index (χ4n) is 3.47. The van der Waals surface area contributed by atoms with Crippen molar-refractivity contribution < 1.29 is 13.9 Å². The summed E-state index contributed by atoms with van der Waals surface area (Å²) in [6.45, 7) is 1.95. The van der Waals surface area contributed by atoms with Crippen molar-refractivity contribution in [1.82, 2.24) is 9.47 Å². The quantitative estimate of drug-likeness (QED) is 0.734. The molecule has 0 bridgehead atoms. The molecule has 1 aromatic heterocycles. The average Bonchev–Trinajstić information content (AvgIpc) is 2.98. The Morgan fingerprint density at radius 1 is 1.16 bits per heavy atom. The van der Waals surface area contributed by atoms with Gasteiger partial charge in [-0.15, -0.1) is 0 Å². The molecule has 1 aliphatic rings. The minimum absolute atomic E-state index is 0.0935. The van der Waals surface area contributed by atoms with Crippen LogP contribution in [0.2, 0.25) is 0 Å². The number of aromatic nitrogens is 1. The maximum atomic E-state index is 13.4. The molecule has 25 heavy (non-hydrogen) atoms. The number of halogens is 1. The number of hydrogen-bond acceptors (Lipinski definition) is 2. The summed E-state index contributed by atoms with van der Waals surface area (Å²) in [7, 11) is 1.62. The van der Waals surface area contributed by atoms with Gasteiger partial charge in [-0.2, -0.15) is 0 Å². The van der Waals surface area contributed by atoms with Crippen LogP contribution in [0, 0.1) is 5.82 Å². The largest absolute Gasteiger partial charge is 0.497 e. The van der Waals surface area contributed by atoms with Crippen LogP contribution in [0.5, 0.6) is 5.75 Å². The van der Waals surface area contributed by atoms with E-state index in [0.717, 1.165) is 34.5 Å². The highest BCUT2D eigenvalue weighted by molar-refractivity contribution is 5.83. The van der Waals surface area contributed by atoms with Crippen molar-refractivity contribution in [3.8, 4) is 5.75 Å². The second kappa shape index (κ2) is 6.24. The number of carbonyl (C=O) groups excluding carboxylic acids is 1. The zero-order valence-corrected chi connectivity index (χ0v) is 14.0. The normalized spacial score (nSPS) is 13.8. The van der Waals surface area contributed by atoms with Crippen LogP contribution in [0.1, 0.15) is 11.3 Å². The number of hydrogen-bond donors (Lipinski definition) is 0. The van der Waals surface area contributed by atoms with E-state index in [0.29, 0.717) is 19.5 Å². The van der Waals surface area contributed by atoms with Crippen molar-refractivity contribution in [2.45, 2.75) is 19.5 Å². The molecule has 0 radical (unpaired) electrons. The van der Waals surface area contributed by atoms with E-state index >= 15 is 0 Å². The Morgan fingerprint density at radius 2 is 2.04 bits per heavy atom. The molecule has 1 amide bonds. The highest BCUT2D eigenvalue weighted by Gasteiger charge is 2.22. The monoisotopic (exact) mass is 338 g/mol. The lowest BCUT2D eigenvalue weighted by molar-refractivity contribution is -0.131. The van der Waals surface area contributed by atoms with Crippen molar-refractivity contribution in [2.75, 3.05) is 13.7 Å². The molecule has 3 aromatic rings. The van der Waals surface area contributed by atoms with Gasteiger partial charge in [-0.05, 0) is 42.0 Å². The molecule has 0 spiro atoms. The van der Waals surface area contributed by atoms with E-state index in [1.807, 2.05) is 41.3 Å². The molecule has 0 atom stereocenters. The van der Waals surface area contributed by atoms with E-state index in [1.54, 1.807) is 13.2 Å². The molecule has 5 heteroatoms. The van der Waals surface area contributed by atoms with Crippen LogP contribution in [0.4, 0.5) is 4.39 Å². The standard InChI is InChI=1S/C20H19FN2O2/c1-25-18-4-2-3-14(9-18)10-20(24)22-7-8-23-17(13-22)12-15-11-16(21)5-6-19(15)23/h2-6,9,11-12H,7-8,10,13H2,1H3. The number of amides is 1. The van der Waals surface area contributed by atoms with Crippen LogP contribution in [0.15, 0.2) is 48.5 Å². The zero-order chi connectivity index (χ0) is 17.4. The first-order valence-corrected chi connectivity index (χ1v) is 8.32. The summed E-state index contributed by atoms with van der Waals surface area (Å²) in [6, 6.07) is 14.4. The Bertz CT molecular complexity index is 948. The number of methoxy groups -OCH3 is 1. The molecular formula is C20H19FN2O2. The molecule has 2 aromatic carbocycles. The van der Waals surface area contributed by atoms with Gasteiger partial charge >= 0.3 is 0 Å². The first kappa shape index (κ1) is 15.7. The van der Waals surface area contributed by atoms with Crippen LogP contribution in [-0.2, 0) is 24.3 Å². The molecule has 0 aliphatic carbocycles. The van der Waals surface area contributed by atoms with E-state index in [2.05, 4.69) is 4.57 Å². The number of ether oxygens (including phenoxy) is 1. The van der Waals surface area contributed by atoms with Gasteiger partial charge in [0.05, 0.1) is 20.1 Å². The van der Waals surface area contributed by atoms with Crippen LogP contribution in [0.25, 0.3) is 10.9 Å². The minimum Gasteiger partial charge on any atom is -0.497 e. The maximum absolute atomic E-state index is 13.4. The van der Waals surface area contributed by atoms with Crippen molar-refractivity contribution in [2.24, 2.45) is 0 Å². The fraction of sp³-hybridized carbons (Fsp3) is 0.250. The molecule has 4 nitrogen and oxygen atoms in total. The molecular weight excluding hydrogens is 319 g/mol. The molecule has 0 N–H and O–H groups in total. The molecule has 2 heterocycles. The second-order valence-corrected chi connectivity index (χ2v) is 6.33. The first-order valence-electron chi connectivity index (χ1n) is 8.32. The fourth-order valence-corrected chi connectivity index (χ4v) is 3.47. The van der Waals surface area contributed by atoms with E-state index < -0.39 is 0 Å². The summed E-state index contributed by atoms with van der Waals surface area (Å²) in [6.07, 6.45) is 0.353. The van der Waals surface area contributed by atoms with E-state index in [1.165, 1.54) is 6.07 Å². The van der Waals surface area contributed by atoms with Crippen molar-refractivity contribution in [3.63, 3.8) is 0 Å². The molecule has 0 unspecified atom stereocenters. The lowest BCUT2D eigenvalue weighted by atomic mass is 10.1. The smallest absolute Gasteiger partial charge is 0.227 e. The Hall–Kier alpha value is -2.82. The lowest BCUT2D eigenvalue weighted by Crippen LogP contribution is -2.38. The third-order valence-electron chi connectivity index (χ3n) is 4.74. The van der Waals surface area contributed by atoms with Gasteiger partial charge in [0.15, 0.2) is 0 Å². The number of benzene rings is 2. The average molecular weight is 338 g/mol. The molecule has 4 rings (SSSR count). The molecule has 0 saturated carbocycles. The molecule has 1 aliphatic heterocycles. The summed E-state index contributed by atoms with van der Waals surface area (Å²) in [5.74, 6) is 0.614. The van der Waals surface area contributed by atoms with Crippen molar-refractivity contribution >= 4 is 16.8 Å². The maximum Gasteiger partial charge on any atom is 0.227 e. The first-order chi connectivity index (χ1) is 12.1. The van der Waals surface area contributed by atoms with Gasteiger partial charge in [0.2, 0.25) is 5.91 Å².